The highest BCUT2D eigenvalue weighted by atomic mass is 16.5. The summed E-state index contributed by atoms with van der Waals surface area (Å²) in [4.78, 5) is 22.1. The van der Waals surface area contributed by atoms with Gasteiger partial charge in [0.2, 0.25) is 5.76 Å². The van der Waals surface area contributed by atoms with Gasteiger partial charge in [0, 0.05) is 12.1 Å². The van der Waals surface area contributed by atoms with Crippen molar-refractivity contribution < 1.29 is 19.2 Å². The van der Waals surface area contributed by atoms with Gasteiger partial charge in [-0.3, -0.25) is 9.59 Å². The lowest BCUT2D eigenvalue weighted by Crippen LogP contribution is -2.35. The Labute approximate surface area is 92.6 Å². The molecule has 1 heterocycles. The first-order valence-electron chi connectivity index (χ1n) is 4.99. The monoisotopic (exact) mass is 226 g/mol. The molecule has 0 aliphatic carbocycles. The summed E-state index contributed by atoms with van der Waals surface area (Å²) in [5.41, 5.74) is 0.608. The third-order valence-corrected chi connectivity index (χ3v) is 2.10. The highest BCUT2D eigenvalue weighted by molar-refractivity contribution is 5.91. The molecule has 1 amide bonds. The Morgan fingerprint density at radius 3 is 2.75 bits per heavy atom. The molecule has 1 rings (SSSR count). The maximum Gasteiger partial charge on any atom is 0.305 e. The van der Waals surface area contributed by atoms with Crippen LogP contribution in [0.5, 0.6) is 0 Å². The Hall–Kier alpha value is -1.85. The van der Waals surface area contributed by atoms with E-state index in [2.05, 4.69) is 10.5 Å². The zero-order chi connectivity index (χ0) is 12.1. The molecule has 88 valence electrons. The SMILES string of the molecule is CCC(CC(=O)O)NC(=O)c1cc(C)no1. The van der Waals surface area contributed by atoms with E-state index in [1.807, 2.05) is 0 Å². The maximum absolute atomic E-state index is 11.6. The summed E-state index contributed by atoms with van der Waals surface area (Å²) >= 11 is 0. The number of carboxylic acid groups (broad SMARTS) is 1. The molecule has 1 aromatic heterocycles. The molecular weight excluding hydrogens is 212 g/mol. The van der Waals surface area contributed by atoms with E-state index in [-0.39, 0.29) is 12.2 Å². The molecule has 0 saturated heterocycles. The van der Waals surface area contributed by atoms with E-state index in [1.54, 1.807) is 13.8 Å². The Morgan fingerprint density at radius 2 is 2.31 bits per heavy atom. The third-order valence-electron chi connectivity index (χ3n) is 2.10. The van der Waals surface area contributed by atoms with Gasteiger partial charge in [-0.05, 0) is 13.3 Å². The second-order valence-corrected chi connectivity index (χ2v) is 3.51. The number of carboxylic acids is 1. The van der Waals surface area contributed by atoms with Gasteiger partial charge >= 0.3 is 5.97 Å². The molecule has 0 saturated carbocycles. The predicted octanol–water partition coefficient (Wildman–Crippen LogP) is 0.966. The van der Waals surface area contributed by atoms with Gasteiger partial charge < -0.3 is 14.9 Å². The van der Waals surface area contributed by atoms with Crippen LogP contribution in [0.1, 0.15) is 36.0 Å². The topological polar surface area (TPSA) is 92.4 Å². The number of aromatic nitrogens is 1. The van der Waals surface area contributed by atoms with Crippen molar-refractivity contribution in [3.8, 4) is 0 Å². The normalized spacial score (nSPS) is 12.1. The van der Waals surface area contributed by atoms with Crippen LogP contribution in [0.15, 0.2) is 10.6 Å². The van der Waals surface area contributed by atoms with Gasteiger partial charge in [-0.25, -0.2) is 0 Å². The molecule has 0 bridgehead atoms. The average Bonchev–Trinajstić information content (AvgIpc) is 2.63. The van der Waals surface area contributed by atoms with Crippen LogP contribution < -0.4 is 5.32 Å². The molecular formula is C10H14N2O4. The minimum absolute atomic E-state index is 0.0985. The molecule has 1 atom stereocenters. The number of rotatable bonds is 5. The van der Waals surface area contributed by atoms with Gasteiger partial charge in [-0.2, -0.15) is 0 Å². The number of nitrogens with zero attached hydrogens (tertiary/aromatic N) is 1. The van der Waals surface area contributed by atoms with Gasteiger partial charge in [0.25, 0.3) is 5.91 Å². The minimum Gasteiger partial charge on any atom is -0.481 e. The van der Waals surface area contributed by atoms with E-state index in [0.717, 1.165) is 0 Å². The molecule has 6 heteroatoms. The number of carbonyl (C=O) groups excluding carboxylic acids is 1. The van der Waals surface area contributed by atoms with Gasteiger partial charge in [0.05, 0.1) is 12.1 Å². The van der Waals surface area contributed by atoms with E-state index >= 15 is 0 Å². The molecule has 0 spiro atoms. The van der Waals surface area contributed by atoms with Gasteiger partial charge in [0.15, 0.2) is 0 Å². The minimum atomic E-state index is -0.944. The lowest BCUT2D eigenvalue weighted by atomic mass is 10.1. The molecule has 0 fully saturated rings. The van der Waals surface area contributed by atoms with Gasteiger partial charge in [-0.15, -0.1) is 0 Å². The van der Waals surface area contributed by atoms with Crippen molar-refractivity contribution in [2.45, 2.75) is 32.7 Å². The largest absolute Gasteiger partial charge is 0.481 e. The second kappa shape index (κ2) is 5.29. The van der Waals surface area contributed by atoms with Crippen LogP contribution in [0.3, 0.4) is 0 Å². The van der Waals surface area contributed by atoms with Crippen LogP contribution in [0.25, 0.3) is 0 Å². The van der Waals surface area contributed by atoms with Crippen molar-refractivity contribution in [2.24, 2.45) is 0 Å². The molecule has 6 nitrogen and oxygen atoms in total. The van der Waals surface area contributed by atoms with Crippen LogP contribution in [-0.4, -0.2) is 28.2 Å². The zero-order valence-corrected chi connectivity index (χ0v) is 9.19. The van der Waals surface area contributed by atoms with Crippen LogP contribution in [0.4, 0.5) is 0 Å². The second-order valence-electron chi connectivity index (χ2n) is 3.51. The third kappa shape index (κ3) is 3.38. The summed E-state index contributed by atoms with van der Waals surface area (Å²) in [5, 5.41) is 14.8. The summed E-state index contributed by atoms with van der Waals surface area (Å²) < 4.78 is 4.77. The summed E-state index contributed by atoms with van der Waals surface area (Å²) in [6.45, 7) is 3.51. The molecule has 16 heavy (non-hydrogen) atoms. The number of carbonyl (C=O) groups is 2. The Kier molecular flexibility index (Phi) is 4.04. The smallest absolute Gasteiger partial charge is 0.305 e. The fraction of sp³-hybridized carbons (Fsp3) is 0.500. The van der Waals surface area contributed by atoms with Crippen molar-refractivity contribution in [1.29, 1.82) is 0 Å². The molecule has 0 aliphatic rings. The highest BCUT2D eigenvalue weighted by Crippen LogP contribution is 2.04. The molecule has 0 aromatic carbocycles. The van der Waals surface area contributed by atoms with Crippen LogP contribution >= 0.6 is 0 Å². The fourth-order valence-electron chi connectivity index (χ4n) is 1.24. The quantitative estimate of drug-likeness (QED) is 0.780. The number of aryl methyl sites for hydroxylation is 1. The average molecular weight is 226 g/mol. The lowest BCUT2D eigenvalue weighted by Gasteiger charge is -2.12. The lowest BCUT2D eigenvalue weighted by molar-refractivity contribution is -0.137. The summed E-state index contributed by atoms with van der Waals surface area (Å²) in [6.07, 6.45) is 0.445. The van der Waals surface area contributed by atoms with Crippen molar-refractivity contribution >= 4 is 11.9 Å². The number of nitrogens with one attached hydrogen (secondary N) is 1. The molecule has 0 aliphatic heterocycles. The van der Waals surface area contributed by atoms with Crippen LogP contribution in [-0.2, 0) is 4.79 Å². The molecule has 1 unspecified atom stereocenters. The Morgan fingerprint density at radius 1 is 1.62 bits per heavy atom. The summed E-state index contributed by atoms with van der Waals surface area (Å²) in [5.74, 6) is -1.28. The first-order chi connectivity index (χ1) is 7.52. The number of amides is 1. The number of hydrogen-bond donors (Lipinski definition) is 2. The van der Waals surface area contributed by atoms with Gasteiger partial charge in [0.1, 0.15) is 0 Å². The first-order valence-corrected chi connectivity index (χ1v) is 4.99. The van der Waals surface area contributed by atoms with Crippen LogP contribution in [0.2, 0.25) is 0 Å². The highest BCUT2D eigenvalue weighted by Gasteiger charge is 2.17. The Bertz CT molecular complexity index is 386. The van der Waals surface area contributed by atoms with E-state index in [1.165, 1.54) is 6.07 Å². The van der Waals surface area contributed by atoms with Crippen molar-refractivity contribution in [1.82, 2.24) is 10.5 Å². The van der Waals surface area contributed by atoms with Crippen molar-refractivity contribution in [3.63, 3.8) is 0 Å². The first kappa shape index (κ1) is 12.2. The summed E-state index contributed by atoms with van der Waals surface area (Å²) in [6, 6.07) is 1.11. The fourth-order valence-corrected chi connectivity index (χ4v) is 1.24. The van der Waals surface area contributed by atoms with E-state index in [9.17, 15) is 9.59 Å². The molecule has 0 radical (unpaired) electrons. The molecule has 1 aromatic rings. The van der Waals surface area contributed by atoms with Crippen LogP contribution in [0, 0.1) is 6.92 Å². The zero-order valence-electron chi connectivity index (χ0n) is 9.19. The van der Waals surface area contributed by atoms with E-state index < -0.39 is 17.9 Å². The van der Waals surface area contributed by atoms with Gasteiger partial charge in [-0.1, -0.05) is 12.1 Å². The van der Waals surface area contributed by atoms with E-state index in [4.69, 9.17) is 9.63 Å². The summed E-state index contributed by atoms with van der Waals surface area (Å²) in [7, 11) is 0. The Balaban J connectivity index is 2.58. The standard InChI is InChI=1S/C10H14N2O4/c1-3-7(5-9(13)14)11-10(15)8-4-6(2)12-16-8/h4,7H,3,5H2,1-2H3,(H,11,15)(H,13,14). The van der Waals surface area contributed by atoms with Crippen molar-refractivity contribution in [3.05, 3.63) is 17.5 Å². The molecule has 2 N–H and O–H groups in total. The predicted molar refractivity (Wildman–Crippen MR) is 55.0 cm³/mol. The number of aliphatic carboxylic acids is 1. The number of hydrogen-bond acceptors (Lipinski definition) is 4. The van der Waals surface area contributed by atoms with E-state index in [0.29, 0.717) is 12.1 Å². The van der Waals surface area contributed by atoms with Crippen molar-refractivity contribution in [2.75, 3.05) is 0 Å². The maximum atomic E-state index is 11.6.